The summed E-state index contributed by atoms with van der Waals surface area (Å²) in [5.41, 5.74) is 0. The first-order valence-electron chi connectivity index (χ1n) is 7.47. The lowest BCUT2D eigenvalue weighted by Gasteiger charge is -2.28. The highest BCUT2D eigenvalue weighted by Gasteiger charge is 2.21. The van der Waals surface area contributed by atoms with Gasteiger partial charge in [-0.15, -0.1) is 0 Å². The van der Waals surface area contributed by atoms with Gasteiger partial charge in [0.1, 0.15) is 6.33 Å². The molecule has 20 heavy (non-hydrogen) atoms. The van der Waals surface area contributed by atoms with Crippen molar-refractivity contribution in [2.45, 2.75) is 32.6 Å². The predicted octanol–water partition coefficient (Wildman–Crippen LogP) is 0.500. The quantitative estimate of drug-likeness (QED) is 0.795. The first-order valence-corrected chi connectivity index (χ1v) is 7.47. The number of piperidine rings is 1. The molecule has 0 spiro atoms. The van der Waals surface area contributed by atoms with Crippen molar-refractivity contribution < 1.29 is 4.79 Å². The second-order valence-electron chi connectivity index (χ2n) is 5.72. The van der Waals surface area contributed by atoms with Crippen molar-refractivity contribution in [1.82, 2.24) is 25.4 Å². The number of nitrogens with one attached hydrogen (secondary N) is 2. The van der Waals surface area contributed by atoms with Gasteiger partial charge in [-0.2, -0.15) is 5.10 Å². The summed E-state index contributed by atoms with van der Waals surface area (Å²) in [6.07, 6.45) is 5.44. The number of nitrogens with zero attached hydrogens (tertiary/aromatic N) is 3. The van der Waals surface area contributed by atoms with Crippen LogP contribution in [0.3, 0.4) is 0 Å². The Morgan fingerprint density at radius 2 is 2.50 bits per heavy atom. The Balaban J connectivity index is 1.64. The minimum Gasteiger partial charge on any atom is -0.356 e. The van der Waals surface area contributed by atoms with E-state index in [0.29, 0.717) is 31.2 Å². The van der Waals surface area contributed by atoms with Crippen molar-refractivity contribution in [3.8, 4) is 0 Å². The monoisotopic (exact) mass is 279 g/mol. The zero-order chi connectivity index (χ0) is 14.4. The van der Waals surface area contributed by atoms with Gasteiger partial charge in [0.05, 0.1) is 0 Å². The molecule has 0 aliphatic carbocycles. The minimum absolute atomic E-state index is 0.138. The zero-order valence-corrected chi connectivity index (χ0v) is 12.4. The van der Waals surface area contributed by atoms with E-state index in [-0.39, 0.29) is 5.91 Å². The summed E-state index contributed by atoms with van der Waals surface area (Å²) < 4.78 is 1.68. The van der Waals surface area contributed by atoms with Gasteiger partial charge in [0.25, 0.3) is 0 Å². The van der Waals surface area contributed by atoms with Gasteiger partial charge in [-0.05, 0) is 37.8 Å². The van der Waals surface area contributed by atoms with Crippen LogP contribution < -0.4 is 10.6 Å². The number of hydrogen-bond acceptors (Lipinski definition) is 4. The Hall–Kier alpha value is -1.43. The second kappa shape index (κ2) is 7.38. The van der Waals surface area contributed by atoms with Gasteiger partial charge in [-0.3, -0.25) is 9.48 Å². The molecular weight excluding hydrogens is 254 g/mol. The number of carbonyl (C=O) groups is 1. The number of carbonyl (C=O) groups excluding carboxylic acids is 1. The maximum atomic E-state index is 11.9. The summed E-state index contributed by atoms with van der Waals surface area (Å²) >= 11 is 0. The van der Waals surface area contributed by atoms with Gasteiger partial charge < -0.3 is 10.6 Å². The lowest BCUT2D eigenvalue weighted by molar-refractivity contribution is -0.122. The molecule has 2 N–H and O–H groups in total. The summed E-state index contributed by atoms with van der Waals surface area (Å²) in [4.78, 5) is 16.1. The lowest BCUT2D eigenvalue weighted by atomic mass is 9.85. The van der Waals surface area contributed by atoms with Crippen LogP contribution in [0.2, 0.25) is 0 Å². The van der Waals surface area contributed by atoms with Gasteiger partial charge >= 0.3 is 0 Å². The van der Waals surface area contributed by atoms with Crippen molar-refractivity contribution >= 4 is 5.91 Å². The first kappa shape index (κ1) is 15.0. The molecule has 0 saturated carbocycles. The van der Waals surface area contributed by atoms with Crippen molar-refractivity contribution in [3.63, 3.8) is 0 Å². The average Bonchev–Trinajstić information content (AvgIpc) is 2.85. The number of hydrogen-bond donors (Lipinski definition) is 2. The molecule has 2 rings (SSSR count). The van der Waals surface area contributed by atoms with E-state index in [1.165, 1.54) is 12.8 Å². The van der Waals surface area contributed by atoms with E-state index in [9.17, 15) is 4.79 Å². The van der Waals surface area contributed by atoms with E-state index >= 15 is 0 Å². The van der Waals surface area contributed by atoms with E-state index in [1.54, 1.807) is 11.0 Å². The average molecular weight is 279 g/mol. The normalized spacial score (nSPS) is 20.6. The molecule has 6 nitrogen and oxygen atoms in total. The summed E-state index contributed by atoms with van der Waals surface area (Å²) in [6, 6.07) is 0. The Kier molecular flexibility index (Phi) is 5.52. The number of rotatable bonds is 6. The molecule has 1 aliphatic heterocycles. The Morgan fingerprint density at radius 3 is 3.15 bits per heavy atom. The second-order valence-corrected chi connectivity index (χ2v) is 5.72. The molecule has 2 heterocycles. The molecule has 1 saturated heterocycles. The third-order valence-corrected chi connectivity index (χ3v) is 3.96. The molecule has 1 aromatic heterocycles. The van der Waals surface area contributed by atoms with E-state index in [2.05, 4.69) is 27.6 Å². The number of aryl methyl sites for hydroxylation is 1. The van der Waals surface area contributed by atoms with Crippen molar-refractivity contribution in [3.05, 3.63) is 12.2 Å². The molecule has 112 valence electrons. The van der Waals surface area contributed by atoms with E-state index in [4.69, 9.17) is 0 Å². The molecule has 0 aromatic carbocycles. The van der Waals surface area contributed by atoms with Crippen LogP contribution in [0.4, 0.5) is 0 Å². The van der Waals surface area contributed by atoms with E-state index in [1.807, 2.05) is 7.05 Å². The summed E-state index contributed by atoms with van der Waals surface area (Å²) in [5.74, 6) is 1.99. The highest BCUT2D eigenvalue weighted by atomic mass is 16.1. The molecule has 0 radical (unpaired) electrons. The largest absolute Gasteiger partial charge is 0.356 e. The third kappa shape index (κ3) is 4.59. The van der Waals surface area contributed by atoms with Crippen molar-refractivity contribution in [2.24, 2.45) is 18.9 Å². The van der Waals surface area contributed by atoms with Gasteiger partial charge in [-0.25, -0.2) is 4.98 Å². The fraction of sp³-hybridized carbons (Fsp3) is 0.786. The van der Waals surface area contributed by atoms with Gasteiger partial charge in [0.2, 0.25) is 5.91 Å². The molecule has 2 unspecified atom stereocenters. The molecule has 1 aliphatic rings. The molecule has 1 amide bonds. The van der Waals surface area contributed by atoms with Crippen LogP contribution in [-0.4, -0.2) is 40.3 Å². The van der Waals surface area contributed by atoms with E-state index < -0.39 is 0 Å². The smallest absolute Gasteiger partial charge is 0.220 e. The van der Waals surface area contributed by atoms with E-state index in [0.717, 1.165) is 18.9 Å². The maximum absolute atomic E-state index is 11.9. The van der Waals surface area contributed by atoms with Gasteiger partial charge in [-0.1, -0.05) is 6.92 Å². The molecule has 1 aromatic rings. The molecule has 1 fully saturated rings. The van der Waals surface area contributed by atoms with Crippen molar-refractivity contribution in [1.29, 1.82) is 0 Å². The van der Waals surface area contributed by atoms with Crippen LogP contribution in [0.1, 0.15) is 32.0 Å². The van der Waals surface area contributed by atoms with Crippen LogP contribution >= 0.6 is 0 Å². The van der Waals surface area contributed by atoms with Crippen LogP contribution in [0.5, 0.6) is 0 Å². The van der Waals surface area contributed by atoms with Crippen LogP contribution in [0.15, 0.2) is 6.33 Å². The number of aromatic nitrogens is 3. The molecule has 2 atom stereocenters. The highest BCUT2D eigenvalue weighted by Crippen LogP contribution is 2.22. The van der Waals surface area contributed by atoms with Crippen LogP contribution in [0, 0.1) is 11.8 Å². The SMILES string of the molecule is CC(CC(=O)NCCc1ncn(C)n1)C1CCCNC1. The topological polar surface area (TPSA) is 71.8 Å². The Labute approximate surface area is 120 Å². The zero-order valence-electron chi connectivity index (χ0n) is 12.4. The first-order chi connectivity index (χ1) is 9.65. The summed E-state index contributed by atoms with van der Waals surface area (Å²) in [7, 11) is 1.84. The molecule has 0 bridgehead atoms. The minimum atomic E-state index is 0.138. The maximum Gasteiger partial charge on any atom is 0.220 e. The van der Waals surface area contributed by atoms with Gasteiger partial charge in [0.15, 0.2) is 5.82 Å². The standard InChI is InChI=1S/C14H25N5O/c1-11(12-4-3-6-15-9-12)8-14(20)16-7-5-13-17-10-19(2)18-13/h10-12,15H,3-9H2,1-2H3,(H,16,20). The third-order valence-electron chi connectivity index (χ3n) is 3.96. The Bertz CT molecular complexity index is 425. The van der Waals surface area contributed by atoms with Crippen molar-refractivity contribution in [2.75, 3.05) is 19.6 Å². The number of amides is 1. The lowest BCUT2D eigenvalue weighted by Crippen LogP contribution is -2.36. The van der Waals surface area contributed by atoms with Gasteiger partial charge in [0, 0.05) is 26.4 Å². The summed E-state index contributed by atoms with van der Waals surface area (Å²) in [5, 5.41) is 10.6. The Morgan fingerprint density at radius 1 is 1.65 bits per heavy atom. The fourth-order valence-corrected chi connectivity index (χ4v) is 2.71. The molecular formula is C14H25N5O. The highest BCUT2D eigenvalue weighted by molar-refractivity contribution is 5.76. The fourth-order valence-electron chi connectivity index (χ4n) is 2.71. The van der Waals surface area contributed by atoms with Crippen LogP contribution in [-0.2, 0) is 18.3 Å². The van der Waals surface area contributed by atoms with Crippen LogP contribution in [0.25, 0.3) is 0 Å². The molecule has 6 heteroatoms. The predicted molar refractivity (Wildman–Crippen MR) is 77.1 cm³/mol. The summed E-state index contributed by atoms with van der Waals surface area (Å²) in [6.45, 7) is 4.95.